The maximum atomic E-state index is 9.51. The number of halogens is 1. The Hall–Kier alpha value is -3.02. The molecule has 6 rings (SSSR count). The molecule has 1 saturated heterocycles. The fourth-order valence-electron chi connectivity index (χ4n) is 5.62. The molecule has 1 aliphatic carbocycles. The lowest BCUT2D eigenvalue weighted by Gasteiger charge is -2.59. The first-order valence-corrected chi connectivity index (χ1v) is 11.7. The fourth-order valence-corrected chi connectivity index (χ4v) is 5.82. The lowest BCUT2D eigenvalue weighted by atomic mass is 9.57. The quantitative estimate of drug-likeness (QED) is 0.589. The van der Waals surface area contributed by atoms with Gasteiger partial charge in [-0.25, -0.2) is 4.98 Å². The van der Waals surface area contributed by atoms with Gasteiger partial charge >= 0.3 is 0 Å². The van der Waals surface area contributed by atoms with Crippen molar-refractivity contribution in [3.63, 3.8) is 0 Å². The van der Waals surface area contributed by atoms with Gasteiger partial charge in [-0.05, 0) is 50.5 Å². The lowest BCUT2D eigenvalue weighted by molar-refractivity contribution is 0.0581. The third-order valence-electron chi connectivity index (χ3n) is 7.33. The molecule has 0 amide bonds. The van der Waals surface area contributed by atoms with E-state index in [-0.39, 0.29) is 6.04 Å². The molecule has 33 heavy (non-hydrogen) atoms. The summed E-state index contributed by atoms with van der Waals surface area (Å²) in [4.78, 5) is 13.3. The van der Waals surface area contributed by atoms with Gasteiger partial charge in [0.2, 0.25) is 0 Å². The van der Waals surface area contributed by atoms with E-state index in [1.165, 1.54) is 0 Å². The summed E-state index contributed by atoms with van der Waals surface area (Å²) in [5.41, 5.74) is 3.46. The second kappa shape index (κ2) is 7.51. The van der Waals surface area contributed by atoms with Crippen LogP contribution >= 0.6 is 11.6 Å². The van der Waals surface area contributed by atoms with Crippen LogP contribution in [0.25, 0.3) is 5.69 Å². The van der Waals surface area contributed by atoms with Crippen LogP contribution in [-0.4, -0.2) is 48.8 Å². The van der Waals surface area contributed by atoms with E-state index in [0.717, 1.165) is 60.3 Å². The van der Waals surface area contributed by atoms with Crippen LogP contribution in [0.1, 0.15) is 48.6 Å². The van der Waals surface area contributed by atoms with Crippen molar-refractivity contribution in [3.8, 4) is 11.8 Å². The normalized spacial score (nSPS) is 20.2. The average molecular weight is 461 g/mol. The maximum absolute atomic E-state index is 9.51. The first kappa shape index (κ1) is 20.6. The molecule has 1 saturated carbocycles. The van der Waals surface area contributed by atoms with Crippen molar-refractivity contribution in [2.45, 2.75) is 51.7 Å². The summed E-state index contributed by atoms with van der Waals surface area (Å²) in [7, 11) is 0. The van der Waals surface area contributed by atoms with Crippen molar-refractivity contribution in [3.05, 3.63) is 58.5 Å². The highest BCUT2D eigenvalue weighted by atomic mass is 35.5. The molecule has 4 heterocycles. The highest BCUT2D eigenvalue weighted by Gasteiger charge is 2.54. The summed E-state index contributed by atoms with van der Waals surface area (Å²) in [5, 5.41) is 19.4. The Morgan fingerprint density at radius 3 is 2.76 bits per heavy atom. The molecule has 168 valence electrons. The summed E-state index contributed by atoms with van der Waals surface area (Å²) in [6, 6.07) is 8.12. The lowest BCUT2D eigenvalue weighted by Crippen LogP contribution is -2.62. The van der Waals surface area contributed by atoms with Gasteiger partial charge in [-0.3, -0.25) is 14.5 Å². The summed E-state index contributed by atoms with van der Waals surface area (Å²) < 4.78 is 2.22. The molecule has 1 atom stereocenters. The fraction of sp³-hybridized carbons (Fsp3) is 0.458. The van der Waals surface area contributed by atoms with Crippen LogP contribution in [0.15, 0.2) is 30.6 Å². The maximum Gasteiger partial charge on any atom is 0.151 e. The number of fused-ring (bicyclic) bond motifs is 3. The zero-order valence-corrected chi connectivity index (χ0v) is 19.5. The summed E-state index contributed by atoms with van der Waals surface area (Å²) >= 11 is 6.33. The molecule has 2 aliphatic heterocycles. The van der Waals surface area contributed by atoms with Crippen molar-refractivity contribution in [1.29, 1.82) is 5.26 Å². The molecule has 0 bridgehead atoms. The van der Waals surface area contributed by atoms with E-state index in [2.05, 4.69) is 46.7 Å². The number of nitriles is 1. The van der Waals surface area contributed by atoms with Gasteiger partial charge in [-0.2, -0.15) is 5.26 Å². The van der Waals surface area contributed by atoms with Gasteiger partial charge in [0.1, 0.15) is 11.6 Å². The second-order valence-electron chi connectivity index (χ2n) is 9.77. The topological polar surface area (TPSA) is 86.8 Å². The molecule has 1 aromatic carbocycles. The number of anilines is 1. The number of hydrogen-bond donors (Lipinski definition) is 0. The Morgan fingerprint density at radius 2 is 2.00 bits per heavy atom. The summed E-state index contributed by atoms with van der Waals surface area (Å²) in [6.45, 7) is 7.19. The molecule has 2 fully saturated rings. The second-order valence-corrected chi connectivity index (χ2v) is 10.2. The molecule has 3 aromatic rings. The Bertz CT molecular complexity index is 1260. The van der Waals surface area contributed by atoms with Crippen LogP contribution in [0, 0.1) is 23.7 Å². The highest BCUT2D eigenvalue weighted by Crippen LogP contribution is 2.56. The molecule has 9 heteroatoms. The van der Waals surface area contributed by atoms with Gasteiger partial charge in [-0.1, -0.05) is 11.6 Å². The number of rotatable bonds is 3. The van der Waals surface area contributed by atoms with E-state index in [1.54, 1.807) is 6.20 Å². The minimum atomic E-state index is -0.221. The Balaban J connectivity index is 1.26. The van der Waals surface area contributed by atoms with Gasteiger partial charge in [-0.15, -0.1) is 10.2 Å². The summed E-state index contributed by atoms with van der Waals surface area (Å²) in [5.74, 6) is 3.26. The van der Waals surface area contributed by atoms with Crippen molar-refractivity contribution in [2.75, 3.05) is 18.0 Å². The van der Waals surface area contributed by atoms with Crippen molar-refractivity contribution in [1.82, 2.24) is 29.6 Å². The van der Waals surface area contributed by atoms with E-state index in [4.69, 9.17) is 11.6 Å². The van der Waals surface area contributed by atoms with Crippen LogP contribution in [0.2, 0.25) is 5.02 Å². The molecular weight excluding hydrogens is 436 g/mol. The molecule has 1 unspecified atom stereocenters. The van der Waals surface area contributed by atoms with Gasteiger partial charge < -0.3 is 4.90 Å². The zero-order chi connectivity index (χ0) is 22.7. The SMILES string of the molecule is Cc1cncc(N2CC3(CC(c4nnc5n4-c4ccc(Cl)cc4CN(C(C)C#N)C5)C3)C2)n1. The smallest absolute Gasteiger partial charge is 0.151 e. The third-order valence-corrected chi connectivity index (χ3v) is 7.57. The predicted octanol–water partition coefficient (Wildman–Crippen LogP) is 3.63. The number of benzene rings is 1. The molecule has 2 aromatic heterocycles. The third kappa shape index (κ3) is 3.38. The Morgan fingerprint density at radius 1 is 1.18 bits per heavy atom. The van der Waals surface area contributed by atoms with Gasteiger partial charge in [0.25, 0.3) is 0 Å². The van der Waals surface area contributed by atoms with E-state index in [9.17, 15) is 5.26 Å². The molecule has 0 N–H and O–H groups in total. The van der Waals surface area contributed by atoms with E-state index in [1.807, 2.05) is 32.2 Å². The van der Waals surface area contributed by atoms with Crippen molar-refractivity contribution < 1.29 is 0 Å². The molecule has 1 spiro atoms. The zero-order valence-electron chi connectivity index (χ0n) is 18.7. The standard InChI is InChI=1S/C24H25ClN8/c1-15-9-27-10-21(28-15)32-13-24(14-32)6-18(7-24)23-30-29-22-12-31(16(2)8-26)11-17-5-19(25)3-4-20(17)33(22)23/h3-5,9-10,16,18H,6-7,11-14H2,1-2H3. The van der Waals surface area contributed by atoms with Gasteiger partial charge in [0.15, 0.2) is 5.82 Å². The van der Waals surface area contributed by atoms with Crippen LogP contribution in [0.4, 0.5) is 5.82 Å². The van der Waals surface area contributed by atoms with E-state index < -0.39 is 0 Å². The predicted molar refractivity (Wildman–Crippen MR) is 124 cm³/mol. The summed E-state index contributed by atoms with van der Waals surface area (Å²) in [6.07, 6.45) is 5.84. The van der Waals surface area contributed by atoms with Gasteiger partial charge in [0.05, 0.1) is 36.2 Å². The van der Waals surface area contributed by atoms with Crippen LogP contribution in [0.5, 0.6) is 0 Å². The Kier molecular flexibility index (Phi) is 4.68. The monoisotopic (exact) mass is 460 g/mol. The number of aromatic nitrogens is 5. The van der Waals surface area contributed by atoms with Crippen LogP contribution in [-0.2, 0) is 13.1 Å². The molecule has 3 aliphatic rings. The first-order valence-electron chi connectivity index (χ1n) is 11.3. The van der Waals surface area contributed by atoms with E-state index >= 15 is 0 Å². The number of hydrogen-bond acceptors (Lipinski definition) is 7. The van der Waals surface area contributed by atoms with Gasteiger partial charge in [0, 0.05) is 42.2 Å². The molecule has 0 radical (unpaired) electrons. The van der Waals surface area contributed by atoms with Crippen LogP contribution in [0.3, 0.4) is 0 Å². The first-order chi connectivity index (χ1) is 15.9. The largest absolute Gasteiger partial charge is 0.354 e. The number of aryl methyl sites for hydroxylation is 1. The average Bonchev–Trinajstić information content (AvgIpc) is 3.06. The number of nitrogens with zero attached hydrogens (tertiary/aromatic N) is 8. The van der Waals surface area contributed by atoms with Crippen molar-refractivity contribution >= 4 is 17.4 Å². The minimum absolute atomic E-state index is 0.221. The minimum Gasteiger partial charge on any atom is -0.354 e. The Labute approximate surface area is 197 Å². The molecular formula is C24H25ClN8. The highest BCUT2D eigenvalue weighted by molar-refractivity contribution is 6.30. The van der Waals surface area contributed by atoms with Crippen LogP contribution < -0.4 is 4.90 Å². The van der Waals surface area contributed by atoms with Crippen molar-refractivity contribution in [2.24, 2.45) is 5.41 Å². The van der Waals surface area contributed by atoms with E-state index in [0.29, 0.717) is 29.4 Å². The molecule has 8 nitrogen and oxygen atoms in total.